The number of likely N-dealkylation sites (N-methyl/N-ethyl adjacent to an activating group) is 1. The van der Waals surface area contributed by atoms with Crippen LogP contribution < -0.4 is 5.73 Å². The molecule has 0 rings (SSSR count). The fourth-order valence-corrected chi connectivity index (χ4v) is 0.840. The number of nitrogens with one attached hydrogen (secondary N) is 1. The van der Waals surface area contributed by atoms with E-state index in [1.807, 2.05) is 20.8 Å². The summed E-state index contributed by atoms with van der Waals surface area (Å²) in [5.41, 5.74) is 5.20. The smallest absolute Gasteiger partial charge is 0.410 e. The first-order valence-corrected chi connectivity index (χ1v) is 4.72. The van der Waals surface area contributed by atoms with Crippen molar-refractivity contribution in [3.63, 3.8) is 0 Å². The quantitative estimate of drug-likeness (QED) is 0.515. The van der Waals surface area contributed by atoms with Gasteiger partial charge in [-0.1, -0.05) is 13.8 Å². The molecule has 0 aromatic rings. The topological polar surface area (TPSA) is 79.4 Å². The highest BCUT2D eigenvalue weighted by Gasteiger charge is 2.13. The van der Waals surface area contributed by atoms with Gasteiger partial charge >= 0.3 is 6.09 Å². The Labute approximate surface area is 84.7 Å². The lowest BCUT2D eigenvalue weighted by atomic mass is 10.2. The molecule has 0 saturated heterocycles. The Balaban J connectivity index is 3.98. The summed E-state index contributed by atoms with van der Waals surface area (Å²) in [6.45, 7) is 6.78. The Morgan fingerprint density at radius 2 is 2.14 bits per heavy atom. The van der Waals surface area contributed by atoms with E-state index in [1.165, 1.54) is 4.90 Å². The van der Waals surface area contributed by atoms with Gasteiger partial charge in [-0.2, -0.15) is 0 Å². The van der Waals surface area contributed by atoms with Crippen LogP contribution in [0.2, 0.25) is 0 Å². The van der Waals surface area contributed by atoms with E-state index in [9.17, 15) is 4.79 Å². The highest BCUT2D eigenvalue weighted by molar-refractivity contribution is 5.82. The first-order valence-electron chi connectivity index (χ1n) is 4.72. The van der Waals surface area contributed by atoms with Crippen molar-refractivity contribution in [2.24, 2.45) is 11.7 Å². The van der Waals surface area contributed by atoms with Crippen molar-refractivity contribution in [2.45, 2.75) is 20.8 Å². The number of rotatable bonds is 5. The molecule has 0 aliphatic heterocycles. The monoisotopic (exact) mass is 201 g/mol. The Morgan fingerprint density at radius 3 is 2.50 bits per heavy atom. The highest BCUT2D eigenvalue weighted by atomic mass is 16.6. The summed E-state index contributed by atoms with van der Waals surface area (Å²) in [5.74, 6) is 0.281. The van der Waals surface area contributed by atoms with Crippen molar-refractivity contribution in [3.05, 3.63) is 0 Å². The molecule has 0 aliphatic rings. The maximum Gasteiger partial charge on any atom is 0.410 e. The van der Waals surface area contributed by atoms with Gasteiger partial charge in [-0.15, -0.1) is 0 Å². The van der Waals surface area contributed by atoms with Gasteiger partial charge in [-0.25, -0.2) is 4.79 Å². The Morgan fingerprint density at radius 1 is 1.57 bits per heavy atom. The molecule has 0 spiro atoms. The summed E-state index contributed by atoms with van der Waals surface area (Å²) >= 11 is 0. The molecular formula is C9H19N3O2. The standard InChI is InChI=1S/C9H19N3O2/c1-4-12(5-8(10)11)9(13)14-6-7(2)3/h7H,4-6H2,1-3H3,(H3,10,11). The molecule has 0 aromatic heterocycles. The van der Waals surface area contributed by atoms with Gasteiger partial charge in [0.2, 0.25) is 0 Å². The Kier molecular flexibility index (Phi) is 5.67. The van der Waals surface area contributed by atoms with Crippen molar-refractivity contribution in [1.29, 1.82) is 5.41 Å². The first kappa shape index (κ1) is 12.7. The minimum absolute atomic E-state index is 0.0339. The number of amides is 1. The summed E-state index contributed by atoms with van der Waals surface area (Å²) in [5, 5.41) is 7.07. The van der Waals surface area contributed by atoms with Crippen LogP contribution in [-0.2, 0) is 4.74 Å². The molecular weight excluding hydrogens is 182 g/mol. The zero-order valence-corrected chi connectivity index (χ0v) is 9.04. The van der Waals surface area contributed by atoms with Crippen LogP contribution in [0.3, 0.4) is 0 Å². The van der Waals surface area contributed by atoms with E-state index in [2.05, 4.69) is 0 Å². The van der Waals surface area contributed by atoms with E-state index in [1.54, 1.807) is 0 Å². The maximum atomic E-state index is 11.4. The largest absolute Gasteiger partial charge is 0.449 e. The molecule has 0 fully saturated rings. The maximum absolute atomic E-state index is 11.4. The molecule has 0 saturated carbocycles. The van der Waals surface area contributed by atoms with Gasteiger partial charge in [-0.3, -0.25) is 5.41 Å². The van der Waals surface area contributed by atoms with E-state index in [0.29, 0.717) is 19.1 Å². The van der Waals surface area contributed by atoms with E-state index in [0.717, 1.165) is 0 Å². The molecule has 14 heavy (non-hydrogen) atoms. The van der Waals surface area contributed by atoms with Crippen molar-refractivity contribution >= 4 is 11.9 Å². The van der Waals surface area contributed by atoms with Crippen molar-refractivity contribution in [2.75, 3.05) is 19.7 Å². The average molecular weight is 201 g/mol. The number of ether oxygens (including phenoxy) is 1. The summed E-state index contributed by atoms with van der Waals surface area (Å²) < 4.78 is 4.99. The van der Waals surface area contributed by atoms with Crippen LogP contribution in [0, 0.1) is 11.3 Å². The van der Waals surface area contributed by atoms with Gasteiger partial charge in [0.05, 0.1) is 13.2 Å². The fraction of sp³-hybridized carbons (Fsp3) is 0.778. The predicted octanol–water partition coefficient (Wildman–Crippen LogP) is 1.04. The summed E-state index contributed by atoms with van der Waals surface area (Å²) in [6, 6.07) is 0. The van der Waals surface area contributed by atoms with Crippen LogP contribution in [0.5, 0.6) is 0 Å². The normalized spacial score (nSPS) is 10.0. The van der Waals surface area contributed by atoms with Gasteiger partial charge in [0, 0.05) is 6.54 Å². The summed E-state index contributed by atoms with van der Waals surface area (Å²) in [7, 11) is 0. The molecule has 0 bridgehead atoms. The van der Waals surface area contributed by atoms with Crippen molar-refractivity contribution in [3.8, 4) is 0 Å². The summed E-state index contributed by atoms with van der Waals surface area (Å²) in [4.78, 5) is 12.8. The zero-order valence-electron chi connectivity index (χ0n) is 9.04. The first-order chi connectivity index (χ1) is 6.47. The molecule has 1 amide bonds. The number of hydrogen-bond acceptors (Lipinski definition) is 3. The second kappa shape index (κ2) is 6.23. The third kappa shape index (κ3) is 5.40. The molecule has 0 aliphatic carbocycles. The number of carbonyl (C=O) groups is 1. The minimum Gasteiger partial charge on any atom is -0.449 e. The van der Waals surface area contributed by atoms with Crippen LogP contribution in [0.25, 0.3) is 0 Å². The lowest BCUT2D eigenvalue weighted by molar-refractivity contribution is 0.0983. The third-order valence-electron chi connectivity index (χ3n) is 1.54. The second-order valence-electron chi connectivity index (χ2n) is 3.51. The van der Waals surface area contributed by atoms with Crippen LogP contribution in [0.4, 0.5) is 4.79 Å². The highest BCUT2D eigenvalue weighted by Crippen LogP contribution is 1.98. The van der Waals surface area contributed by atoms with Gasteiger partial charge < -0.3 is 15.4 Å². The van der Waals surface area contributed by atoms with Crippen LogP contribution in [0.1, 0.15) is 20.8 Å². The number of nitrogens with two attached hydrogens (primary N) is 1. The van der Waals surface area contributed by atoms with Gasteiger partial charge in [0.25, 0.3) is 0 Å². The predicted molar refractivity (Wildman–Crippen MR) is 55.3 cm³/mol. The van der Waals surface area contributed by atoms with Crippen LogP contribution in [0.15, 0.2) is 0 Å². The van der Waals surface area contributed by atoms with Gasteiger partial charge in [0.1, 0.15) is 5.84 Å². The number of nitrogens with zero attached hydrogens (tertiary/aromatic N) is 1. The fourth-order valence-electron chi connectivity index (χ4n) is 0.840. The average Bonchev–Trinajstić information content (AvgIpc) is 2.09. The van der Waals surface area contributed by atoms with Crippen LogP contribution in [-0.4, -0.2) is 36.5 Å². The molecule has 82 valence electrons. The van der Waals surface area contributed by atoms with E-state index in [4.69, 9.17) is 15.9 Å². The minimum atomic E-state index is -0.406. The lowest BCUT2D eigenvalue weighted by Gasteiger charge is -2.20. The molecule has 0 heterocycles. The number of amidine groups is 1. The lowest BCUT2D eigenvalue weighted by Crippen LogP contribution is -2.38. The molecule has 0 atom stereocenters. The number of hydrogen-bond donors (Lipinski definition) is 2. The van der Waals surface area contributed by atoms with Crippen molar-refractivity contribution in [1.82, 2.24) is 4.90 Å². The molecule has 3 N–H and O–H groups in total. The molecule has 5 heteroatoms. The molecule has 0 unspecified atom stereocenters. The van der Waals surface area contributed by atoms with Crippen molar-refractivity contribution < 1.29 is 9.53 Å². The zero-order chi connectivity index (χ0) is 11.1. The Bertz CT molecular complexity index is 204. The van der Waals surface area contributed by atoms with Gasteiger partial charge in [0.15, 0.2) is 0 Å². The molecule has 0 aromatic carbocycles. The molecule has 5 nitrogen and oxygen atoms in total. The van der Waals surface area contributed by atoms with Gasteiger partial charge in [-0.05, 0) is 12.8 Å². The van der Waals surface area contributed by atoms with E-state index < -0.39 is 6.09 Å². The Hall–Kier alpha value is -1.26. The van der Waals surface area contributed by atoms with E-state index in [-0.39, 0.29) is 12.4 Å². The molecule has 0 radical (unpaired) electrons. The number of carbonyl (C=O) groups excluding carboxylic acids is 1. The summed E-state index contributed by atoms with van der Waals surface area (Å²) in [6.07, 6.45) is -0.406. The third-order valence-corrected chi connectivity index (χ3v) is 1.54. The van der Waals surface area contributed by atoms with Crippen LogP contribution >= 0.6 is 0 Å². The second-order valence-corrected chi connectivity index (χ2v) is 3.51. The SMILES string of the molecule is CCN(CC(=N)N)C(=O)OCC(C)C. The van der Waals surface area contributed by atoms with E-state index >= 15 is 0 Å².